The molecule has 1 unspecified atom stereocenters. The molecular formula is C6H4BrClSZn. The summed E-state index contributed by atoms with van der Waals surface area (Å²) >= 11 is 11.9. The van der Waals surface area contributed by atoms with E-state index in [9.17, 15) is 0 Å². The van der Waals surface area contributed by atoms with Crippen LogP contribution >= 0.6 is 23.8 Å². The van der Waals surface area contributed by atoms with Crippen molar-refractivity contribution in [2.24, 2.45) is 0 Å². The second-order valence-electron chi connectivity index (χ2n) is 1.84. The van der Waals surface area contributed by atoms with Gasteiger partial charge < -0.3 is 17.0 Å². The first-order valence-corrected chi connectivity index (χ1v) is 4.93. The Morgan fingerprint density at radius 3 is 2.60 bits per heavy atom. The quantitative estimate of drug-likeness (QED) is 0.312. The molecule has 0 amide bonds. The molecule has 0 spiro atoms. The largest absolute Gasteiger partial charge is 1.00 e. The molecule has 0 aromatic carbocycles. The molecule has 1 atom stereocenters. The summed E-state index contributed by atoms with van der Waals surface area (Å²) in [6.45, 7) is 0. The van der Waals surface area contributed by atoms with Gasteiger partial charge in [-0.2, -0.15) is 0 Å². The predicted molar refractivity (Wildman–Crippen MR) is 39.5 cm³/mol. The summed E-state index contributed by atoms with van der Waals surface area (Å²) < 4.78 is 1.23. The van der Waals surface area contributed by atoms with Crippen molar-refractivity contribution in [3.63, 3.8) is 0 Å². The van der Waals surface area contributed by atoms with E-state index in [1.54, 1.807) is 0 Å². The molecule has 0 bridgehead atoms. The maximum absolute atomic E-state index is 5.81. The Kier molecular flexibility index (Phi) is 5.22. The predicted octanol–water partition coefficient (Wildman–Crippen LogP) is -1.03. The maximum atomic E-state index is 5.81. The van der Waals surface area contributed by atoms with Crippen LogP contribution in [0.15, 0.2) is 22.4 Å². The van der Waals surface area contributed by atoms with Crippen molar-refractivity contribution in [2.75, 3.05) is 0 Å². The van der Waals surface area contributed by atoms with Crippen molar-refractivity contribution in [1.29, 1.82) is 0 Å². The van der Waals surface area contributed by atoms with E-state index in [0.29, 0.717) is 0 Å². The van der Waals surface area contributed by atoms with Gasteiger partial charge >= 0.3 is 74.8 Å². The van der Waals surface area contributed by atoms with Gasteiger partial charge in [0.05, 0.1) is 0 Å². The summed E-state index contributed by atoms with van der Waals surface area (Å²) in [5.41, 5.74) is 0. The van der Waals surface area contributed by atoms with Crippen LogP contribution in [-0.4, -0.2) is 10.2 Å². The summed E-state index contributed by atoms with van der Waals surface area (Å²) in [5, 5.41) is -0.0336. The monoisotopic (exact) mass is 286 g/mol. The van der Waals surface area contributed by atoms with Gasteiger partial charge in [0.2, 0.25) is 0 Å². The van der Waals surface area contributed by atoms with Crippen molar-refractivity contribution in [3.8, 4) is 0 Å². The summed E-state index contributed by atoms with van der Waals surface area (Å²) in [6, 6.07) is 0. The van der Waals surface area contributed by atoms with E-state index in [1.807, 2.05) is 18.2 Å². The first-order chi connectivity index (χ1) is 4.22. The SMILES string of the molecule is S=C1[C]([Zn+])=CC=CC1Cl.[Br-]. The van der Waals surface area contributed by atoms with E-state index in [-0.39, 0.29) is 22.4 Å². The molecule has 50 valence electrons. The van der Waals surface area contributed by atoms with Crippen LogP contribution in [-0.2, 0) is 18.3 Å². The fourth-order valence-electron chi connectivity index (χ4n) is 0.616. The second-order valence-corrected chi connectivity index (χ2v) is 4.35. The summed E-state index contributed by atoms with van der Waals surface area (Å²) in [7, 11) is 0. The minimum absolute atomic E-state index is 0. The number of halogens is 2. The van der Waals surface area contributed by atoms with Crippen LogP contribution in [0.3, 0.4) is 0 Å². The second kappa shape index (κ2) is 4.76. The molecule has 4 heteroatoms. The summed E-state index contributed by atoms with van der Waals surface area (Å²) in [5.74, 6) is 0. The van der Waals surface area contributed by atoms with Gasteiger partial charge in [-0.3, -0.25) is 0 Å². The Hall–Kier alpha value is 0.963. The van der Waals surface area contributed by atoms with Crippen molar-refractivity contribution in [2.45, 2.75) is 5.38 Å². The van der Waals surface area contributed by atoms with Crippen LogP contribution in [0.1, 0.15) is 0 Å². The number of rotatable bonds is 0. The van der Waals surface area contributed by atoms with Crippen LogP contribution in [0, 0.1) is 0 Å². The van der Waals surface area contributed by atoms with E-state index in [0.717, 1.165) is 23.2 Å². The Labute approximate surface area is 91.2 Å². The molecule has 0 nitrogen and oxygen atoms in total. The number of thiocarbonyl (C=S) groups is 1. The topological polar surface area (TPSA) is 0 Å². The van der Waals surface area contributed by atoms with E-state index in [1.165, 1.54) is 4.17 Å². The van der Waals surface area contributed by atoms with Crippen LogP contribution in [0.2, 0.25) is 0 Å². The zero-order chi connectivity index (χ0) is 6.85. The van der Waals surface area contributed by atoms with Crippen molar-refractivity contribution >= 4 is 28.7 Å². The molecule has 0 N–H and O–H groups in total. The Morgan fingerprint density at radius 2 is 2.20 bits per heavy atom. The van der Waals surface area contributed by atoms with E-state index >= 15 is 0 Å². The third kappa shape index (κ3) is 2.54. The molecule has 0 aromatic rings. The molecule has 0 saturated heterocycles. The summed E-state index contributed by atoms with van der Waals surface area (Å²) in [6.07, 6.45) is 5.90. The molecule has 0 aliphatic heterocycles. The van der Waals surface area contributed by atoms with Crippen LogP contribution in [0.25, 0.3) is 0 Å². The molecule has 1 aliphatic rings. The van der Waals surface area contributed by atoms with Crippen LogP contribution in [0.4, 0.5) is 0 Å². The van der Waals surface area contributed by atoms with Gasteiger partial charge in [0.15, 0.2) is 0 Å². The molecule has 0 radical (unpaired) electrons. The average Bonchev–Trinajstić information content (AvgIpc) is 1.83. The first-order valence-electron chi connectivity index (χ1n) is 2.60. The normalized spacial score (nSPS) is 23.7. The number of alkyl halides is 1. The first kappa shape index (κ1) is 11.0. The maximum Gasteiger partial charge on any atom is -1.00 e. The smallest absolute Gasteiger partial charge is 1.00 e. The van der Waals surface area contributed by atoms with Crippen molar-refractivity contribution < 1.29 is 35.3 Å². The van der Waals surface area contributed by atoms with Gasteiger partial charge in [0.25, 0.3) is 0 Å². The van der Waals surface area contributed by atoms with Crippen LogP contribution in [0.5, 0.6) is 0 Å². The molecular weight excluding hydrogens is 285 g/mol. The van der Waals surface area contributed by atoms with Gasteiger partial charge in [-0.05, 0) is 0 Å². The number of allylic oxidation sites excluding steroid dienone is 4. The van der Waals surface area contributed by atoms with E-state index in [4.69, 9.17) is 23.8 Å². The third-order valence-electron chi connectivity index (χ3n) is 1.14. The fourth-order valence-corrected chi connectivity index (χ4v) is 2.01. The zero-order valence-electron chi connectivity index (χ0n) is 5.18. The van der Waals surface area contributed by atoms with Crippen molar-refractivity contribution in [1.82, 2.24) is 0 Å². The molecule has 10 heavy (non-hydrogen) atoms. The van der Waals surface area contributed by atoms with Crippen LogP contribution < -0.4 is 17.0 Å². The number of hydrogen-bond acceptors (Lipinski definition) is 1. The molecule has 0 saturated carbocycles. The average molecular weight is 289 g/mol. The Balaban J connectivity index is 0.000000810. The Morgan fingerprint density at radius 1 is 1.60 bits per heavy atom. The third-order valence-corrected chi connectivity index (χ3v) is 3.98. The number of hydrogen-bond donors (Lipinski definition) is 0. The molecule has 0 fully saturated rings. The van der Waals surface area contributed by atoms with Gasteiger partial charge in [-0.15, -0.1) is 0 Å². The molecule has 1 aliphatic carbocycles. The van der Waals surface area contributed by atoms with Gasteiger partial charge in [0, 0.05) is 0 Å². The molecule has 0 heterocycles. The Bertz CT molecular complexity index is 200. The van der Waals surface area contributed by atoms with Crippen molar-refractivity contribution in [3.05, 3.63) is 22.4 Å². The minimum Gasteiger partial charge on any atom is -1.00 e. The minimum atomic E-state index is -0.0336. The van der Waals surface area contributed by atoms with Gasteiger partial charge in [-0.25, -0.2) is 0 Å². The summed E-state index contributed by atoms with van der Waals surface area (Å²) in [4.78, 5) is 0.902. The zero-order valence-corrected chi connectivity index (χ0v) is 11.3. The van der Waals surface area contributed by atoms with Gasteiger partial charge in [-0.1, -0.05) is 0 Å². The van der Waals surface area contributed by atoms with E-state index in [2.05, 4.69) is 0 Å². The van der Waals surface area contributed by atoms with E-state index < -0.39 is 0 Å². The molecule has 1 rings (SSSR count). The van der Waals surface area contributed by atoms with Gasteiger partial charge in [0.1, 0.15) is 0 Å². The fraction of sp³-hybridized carbons (Fsp3) is 0.167. The standard InChI is InChI=1S/C6H4ClS.BrH.Zn/c7-5-3-1-2-4-6(5)8;;/h1-3,5H;1H;/q;;+1/p-1. The molecule has 0 aromatic heterocycles.